The zero-order valence-corrected chi connectivity index (χ0v) is 12.2. The molecule has 0 saturated carbocycles. The van der Waals surface area contributed by atoms with Crippen molar-refractivity contribution in [2.75, 3.05) is 11.9 Å². The molecule has 0 spiro atoms. The van der Waals surface area contributed by atoms with Crippen LogP contribution in [0.25, 0.3) is 0 Å². The van der Waals surface area contributed by atoms with E-state index in [1.54, 1.807) is 0 Å². The molecule has 0 unspecified atom stereocenters. The highest BCUT2D eigenvalue weighted by Crippen LogP contribution is 2.32. The maximum absolute atomic E-state index is 12.3. The highest BCUT2D eigenvalue weighted by molar-refractivity contribution is 7.90. The van der Waals surface area contributed by atoms with Crippen molar-refractivity contribution in [1.29, 1.82) is 0 Å². The van der Waals surface area contributed by atoms with E-state index in [2.05, 4.69) is 0 Å². The van der Waals surface area contributed by atoms with E-state index in [1.165, 1.54) is 6.07 Å². The lowest BCUT2D eigenvalue weighted by Crippen LogP contribution is -2.32. The maximum Gasteiger partial charge on any atom is 0.394 e. The molecule has 0 atom stereocenters. The first kappa shape index (κ1) is 16.4. The third-order valence-electron chi connectivity index (χ3n) is 2.99. The molecule has 23 heavy (non-hydrogen) atoms. The highest BCUT2D eigenvalue weighted by Gasteiger charge is 2.41. The molecular weight excluding hydrogens is 332 g/mol. The smallest absolute Gasteiger partial charge is 0.394 e. The van der Waals surface area contributed by atoms with Crippen LogP contribution in [0, 0.1) is 0 Å². The molecule has 0 saturated heterocycles. The number of hydrogen-bond acceptors (Lipinski definition) is 6. The Morgan fingerprint density at radius 3 is 2.39 bits per heavy atom. The highest BCUT2D eigenvalue weighted by atomic mass is 32.2. The predicted octanol–water partition coefficient (Wildman–Crippen LogP) is -0.671. The molecule has 0 radical (unpaired) electrons. The Hall–Kier alpha value is -2.95. The maximum atomic E-state index is 12.3. The molecule has 0 bridgehead atoms. The standard InChI is InChI=1S/C12H10N2O8S/c15-9(16)3-4-14-11(18)7-2-1-6(13-10(17)12(19)20)5-8(7)23(14,21)22/h1-2,5H,3-4H2,(H,13,17)(H,15,16)(H,19,20). The average Bonchev–Trinajstić information content (AvgIpc) is 2.64. The number of nitrogens with one attached hydrogen (secondary N) is 1. The normalized spacial score (nSPS) is 15.1. The van der Waals surface area contributed by atoms with E-state index in [0.29, 0.717) is 4.31 Å². The van der Waals surface area contributed by atoms with Gasteiger partial charge in [-0.25, -0.2) is 17.5 Å². The van der Waals surface area contributed by atoms with E-state index in [4.69, 9.17) is 10.2 Å². The van der Waals surface area contributed by atoms with Crippen molar-refractivity contribution < 1.29 is 37.8 Å². The van der Waals surface area contributed by atoms with Gasteiger partial charge in [0.15, 0.2) is 0 Å². The number of amides is 2. The number of hydrogen-bond donors (Lipinski definition) is 3. The fraction of sp³-hybridized carbons (Fsp3) is 0.167. The number of fused-ring (bicyclic) bond motifs is 1. The number of benzene rings is 1. The molecule has 1 aromatic rings. The number of carboxylic acids is 2. The molecule has 11 heteroatoms. The number of nitrogens with zero attached hydrogens (tertiary/aromatic N) is 1. The van der Waals surface area contributed by atoms with E-state index in [1.807, 2.05) is 5.32 Å². The van der Waals surface area contributed by atoms with Crippen molar-refractivity contribution in [3.8, 4) is 0 Å². The summed E-state index contributed by atoms with van der Waals surface area (Å²) < 4.78 is 24.9. The summed E-state index contributed by atoms with van der Waals surface area (Å²) >= 11 is 0. The largest absolute Gasteiger partial charge is 0.481 e. The molecule has 10 nitrogen and oxygen atoms in total. The molecule has 2 amide bonds. The van der Waals surface area contributed by atoms with Crippen LogP contribution in [0.4, 0.5) is 5.69 Å². The SMILES string of the molecule is O=C(O)CCN1C(=O)c2ccc(NC(=O)C(=O)O)cc2S1(=O)=O. The summed E-state index contributed by atoms with van der Waals surface area (Å²) in [5.41, 5.74) is -0.295. The summed E-state index contributed by atoms with van der Waals surface area (Å²) in [7, 11) is -4.25. The lowest BCUT2D eigenvalue weighted by atomic mass is 10.2. The summed E-state index contributed by atoms with van der Waals surface area (Å²) in [6, 6.07) is 3.24. The van der Waals surface area contributed by atoms with Gasteiger partial charge in [0.1, 0.15) is 4.90 Å². The van der Waals surface area contributed by atoms with Crippen molar-refractivity contribution in [3.63, 3.8) is 0 Å². The van der Waals surface area contributed by atoms with Gasteiger partial charge >= 0.3 is 17.8 Å². The molecule has 122 valence electrons. The summed E-state index contributed by atoms with van der Waals surface area (Å²) in [6.07, 6.45) is -0.554. The van der Waals surface area contributed by atoms with Crippen molar-refractivity contribution in [2.24, 2.45) is 0 Å². The van der Waals surface area contributed by atoms with Gasteiger partial charge in [0.05, 0.1) is 12.0 Å². The second kappa shape index (κ2) is 5.68. The number of carboxylic acid groups (broad SMARTS) is 2. The predicted molar refractivity (Wildman–Crippen MR) is 73.2 cm³/mol. The summed E-state index contributed by atoms with van der Waals surface area (Å²) in [5, 5.41) is 19.1. The van der Waals surface area contributed by atoms with Crippen LogP contribution in [0.2, 0.25) is 0 Å². The van der Waals surface area contributed by atoms with Gasteiger partial charge in [-0.3, -0.25) is 14.4 Å². The first-order valence-corrected chi connectivity index (χ1v) is 7.56. The van der Waals surface area contributed by atoms with Crippen LogP contribution in [0.5, 0.6) is 0 Å². The second-order valence-corrected chi connectivity index (χ2v) is 6.33. The molecule has 0 aromatic heterocycles. The molecule has 1 aliphatic rings. The van der Waals surface area contributed by atoms with Gasteiger partial charge in [-0.05, 0) is 18.2 Å². The Kier molecular flexibility index (Phi) is 4.06. The van der Waals surface area contributed by atoms with Crippen LogP contribution >= 0.6 is 0 Å². The van der Waals surface area contributed by atoms with E-state index < -0.39 is 51.6 Å². The van der Waals surface area contributed by atoms with Crippen molar-refractivity contribution >= 4 is 39.5 Å². The number of carbonyl (C=O) groups is 4. The molecule has 1 aliphatic heterocycles. The number of carbonyl (C=O) groups excluding carboxylic acids is 2. The minimum Gasteiger partial charge on any atom is -0.481 e. The Labute approximate surface area is 129 Å². The molecule has 2 rings (SSSR count). The Bertz CT molecular complexity index is 829. The van der Waals surface area contributed by atoms with Gasteiger partial charge < -0.3 is 15.5 Å². The second-order valence-electron chi connectivity index (χ2n) is 4.50. The number of anilines is 1. The fourth-order valence-corrected chi connectivity index (χ4v) is 3.55. The third-order valence-corrected chi connectivity index (χ3v) is 4.81. The van der Waals surface area contributed by atoms with Crippen LogP contribution in [0.3, 0.4) is 0 Å². The number of sulfonamides is 1. The van der Waals surface area contributed by atoms with Gasteiger partial charge in [0, 0.05) is 12.2 Å². The third kappa shape index (κ3) is 2.99. The summed E-state index contributed by atoms with van der Waals surface area (Å²) in [4.78, 5) is 43.7. The quantitative estimate of drug-likeness (QED) is 0.608. The van der Waals surface area contributed by atoms with Gasteiger partial charge in [0.2, 0.25) is 0 Å². The molecule has 1 aromatic carbocycles. The van der Waals surface area contributed by atoms with E-state index in [0.717, 1.165) is 12.1 Å². The summed E-state index contributed by atoms with van der Waals surface area (Å²) in [5.74, 6) is -5.27. The monoisotopic (exact) mass is 342 g/mol. The van der Waals surface area contributed by atoms with E-state index in [9.17, 15) is 27.6 Å². The lowest BCUT2D eigenvalue weighted by molar-refractivity contribution is -0.147. The van der Waals surface area contributed by atoms with Crippen LogP contribution < -0.4 is 5.32 Å². The van der Waals surface area contributed by atoms with Gasteiger partial charge in [-0.1, -0.05) is 0 Å². The van der Waals surface area contributed by atoms with Gasteiger partial charge in [-0.2, -0.15) is 0 Å². The van der Waals surface area contributed by atoms with Crippen molar-refractivity contribution in [3.05, 3.63) is 23.8 Å². The number of rotatable bonds is 4. The van der Waals surface area contributed by atoms with Gasteiger partial charge in [-0.15, -0.1) is 0 Å². The van der Waals surface area contributed by atoms with E-state index >= 15 is 0 Å². The molecular formula is C12H10N2O8S. The first-order valence-electron chi connectivity index (χ1n) is 6.12. The Morgan fingerprint density at radius 2 is 1.83 bits per heavy atom. The zero-order valence-electron chi connectivity index (χ0n) is 11.3. The molecule has 1 heterocycles. The number of aliphatic carboxylic acids is 2. The minimum absolute atomic E-state index is 0.118. The van der Waals surface area contributed by atoms with Crippen LogP contribution in [-0.2, 0) is 24.4 Å². The Balaban J connectivity index is 2.37. The summed E-state index contributed by atoms with van der Waals surface area (Å²) in [6.45, 7) is -0.526. The van der Waals surface area contributed by atoms with Crippen LogP contribution in [0.15, 0.2) is 23.1 Å². The topological polar surface area (TPSA) is 158 Å². The first-order chi connectivity index (χ1) is 10.6. The molecule has 3 N–H and O–H groups in total. The molecule has 0 aliphatic carbocycles. The van der Waals surface area contributed by atoms with Gasteiger partial charge in [0.25, 0.3) is 15.9 Å². The van der Waals surface area contributed by atoms with Crippen LogP contribution in [0.1, 0.15) is 16.8 Å². The fourth-order valence-electron chi connectivity index (χ4n) is 1.96. The molecule has 0 fully saturated rings. The van der Waals surface area contributed by atoms with E-state index in [-0.39, 0.29) is 11.3 Å². The van der Waals surface area contributed by atoms with Crippen molar-refractivity contribution in [2.45, 2.75) is 11.3 Å². The Morgan fingerprint density at radius 1 is 1.17 bits per heavy atom. The van der Waals surface area contributed by atoms with Crippen LogP contribution in [-0.4, -0.2) is 53.2 Å². The lowest BCUT2D eigenvalue weighted by Gasteiger charge is -2.13. The average molecular weight is 342 g/mol. The minimum atomic E-state index is -4.25. The zero-order chi connectivity index (χ0) is 17.4. The van der Waals surface area contributed by atoms with Crippen molar-refractivity contribution in [1.82, 2.24) is 4.31 Å².